The molecule has 5 heteroatoms. The molecule has 4 nitrogen and oxygen atoms in total. The first-order chi connectivity index (χ1) is 11.1. The second kappa shape index (κ2) is 6.79. The molecule has 23 heavy (non-hydrogen) atoms. The normalized spacial score (nSPS) is 30.8. The van der Waals surface area contributed by atoms with Crippen LogP contribution in [0.25, 0.3) is 0 Å². The van der Waals surface area contributed by atoms with Crippen LogP contribution in [0.4, 0.5) is 4.39 Å². The molecule has 4 atom stereocenters. The molecule has 1 aliphatic heterocycles. The van der Waals surface area contributed by atoms with E-state index in [1.807, 2.05) is 6.07 Å². The SMILES string of the molecule is O=C[C@H]1CN([C@@H]2CCC2CCC(=O)O)C[C@@H]1c1cccc(F)c1. The predicted octanol–water partition coefficient (Wildman–Crippen LogP) is 2.68. The van der Waals surface area contributed by atoms with Gasteiger partial charge >= 0.3 is 5.97 Å². The molecule has 2 aliphatic rings. The highest BCUT2D eigenvalue weighted by Gasteiger charge is 2.42. The van der Waals surface area contributed by atoms with Gasteiger partial charge in [0.2, 0.25) is 0 Å². The number of carboxylic acid groups (broad SMARTS) is 1. The van der Waals surface area contributed by atoms with Crippen molar-refractivity contribution in [2.45, 2.75) is 37.6 Å². The van der Waals surface area contributed by atoms with Gasteiger partial charge in [-0.25, -0.2) is 4.39 Å². The molecular formula is C18H22FNO3. The minimum atomic E-state index is -0.750. The van der Waals surface area contributed by atoms with Gasteiger partial charge < -0.3 is 9.90 Å². The molecule has 0 radical (unpaired) electrons. The third-order valence-electron chi connectivity index (χ3n) is 5.42. The van der Waals surface area contributed by atoms with Gasteiger partial charge in [-0.2, -0.15) is 0 Å². The molecule has 1 heterocycles. The Balaban J connectivity index is 1.67. The number of aldehydes is 1. The van der Waals surface area contributed by atoms with Crippen LogP contribution in [0.3, 0.4) is 0 Å². The van der Waals surface area contributed by atoms with E-state index >= 15 is 0 Å². The molecule has 1 aromatic carbocycles. The van der Waals surface area contributed by atoms with Gasteiger partial charge in [0.15, 0.2) is 0 Å². The zero-order chi connectivity index (χ0) is 16.4. The molecule has 2 fully saturated rings. The van der Waals surface area contributed by atoms with Crippen molar-refractivity contribution in [2.24, 2.45) is 11.8 Å². The predicted molar refractivity (Wildman–Crippen MR) is 83.6 cm³/mol. The van der Waals surface area contributed by atoms with Crippen molar-refractivity contribution in [2.75, 3.05) is 13.1 Å². The molecule has 1 saturated heterocycles. The third kappa shape index (κ3) is 3.44. The molecular weight excluding hydrogens is 297 g/mol. The van der Waals surface area contributed by atoms with Gasteiger partial charge in [0.1, 0.15) is 12.1 Å². The van der Waals surface area contributed by atoms with Gasteiger partial charge in [0.25, 0.3) is 0 Å². The van der Waals surface area contributed by atoms with E-state index < -0.39 is 5.97 Å². The summed E-state index contributed by atoms with van der Waals surface area (Å²) in [4.78, 5) is 24.5. The number of hydrogen-bond donors (Lipinski definition) is 1. The van der Waals surface area contributed by atoms with Crippen LogP contribution in [0.2, 0.25) is 0 Å². The first-order valence-electron chi connectivity index (χ1n) is 8.25. The molecule has 1 unspecified atom stereocenters. The Bertz CT molecular complexity index is 591. The Morgan fingerprint density at radius 1 is 1.35 bits per heavy atom. The van der Waals surface area contributed by atoms with Crippen LogP contribution >= 0.6 is 0 Å². The average molecular weight is 319 g/mol. The van der Waals surface area contributed by atoms with Crippen LogP contribution in [0.5, 0.6) is 0 Å². The Morgan fingerprint density at radius 2 is 2.17 bits per heavy atom. The van der Waals surface area contributed by atoms with Crippen LogP contribution < -0.4 is 0 Å². The number of hydrogen-bond acceptors (Lipinski definition) is 3. The van der Waals surface area contributed by atoms with Gasteiger partial charge in [-0.05, 0) is 42.9 Å². The van der Waals surface area contributed by atoms with Crippen molar-refractivity contribution in [1.29, 1.82) is 0 Å². The lowest BCUT2D eigenvalue weighted by molar-refractivity contribution is -0.137. The fourth-order valence-electron chi connectivity index (χ4n) is 4.04. The molecule has 3 rings (SSSR count). The summed E-state index contributed by atoms with van der Waals surface area (Å²) in [5.74, 6) is -0.694. The van der Waals surface area contributed by atoms with Crippen LogP contribution in [0, 0.1) is 17.7 Å². The van der Waals surface area contributed by atoms with Gasteiger partial charge in [-0.15, -0.1) is 0 Å². The molecule has 1 N–H and O–H groups in total. The van der Waals surface area contributed by atoms with Crippen LogP contribution in [-0.2, 0) is 9.59 Å². The zero-order valence-electron chi connectivity index (χ0n) is 13.0. The largest absolute Gasteiger partial charge is 0.481 e. The fourth-order valence-corrected chi connectivity index (χ4v) is 4.04. The number of carbonyl (C=O) groups excluding carboxylic acids is 1. The van der Waals surface area contributed by atoms with E-state index in [9.17, 15) is 14.0 Å². The number of likely N-dealkylation sites (tertiary alicyclic amines) is 1. The Morgan fingerprint density at radius 3 is 2.78 bits per heavy atom. The standard InChI is InChI=1S/C18H22FNO3/c19-15-3-1-2-13(8-15)16-10-20(9-14(16)11-21)17-6-4-12(17)5-7-18(22)23/h1-3,8,11-12,14,16-17H,4-7,9-10H2,(H,22,23)/t12?,14-,16-,17-/m1/s1. The highest BCUT2D eigenvalue weighted by molar-refractivity contribution is 5.66. The minimum absolute atomic E-state index is 0.0314. The maximum Gasteiger partial charge on any atom is 0.303 e. The summed E-state index contributed by atoms with van der Waals surface area (Å²) in [6.45, 7) is 1.44. The van der Waals surface area contributed by atoms with E-state index in [2.05, 4.69) is 4.90 Å². The van der Waals surface area contributed by atoms with E-state index in [1.54, 1.807) is 6.07 Å². The minimum Gasteiger partial charge on any atom is -0.481 e. The molecule has 0 spiro atoms. The number of aliphatic carboxylic acids is 1. The first-order valence-corrected chi connectivity index (χ1v) is 8.25. The molecule has 0 amide bonds. The second-order valence-electron chi connectivity index (χ2n) is 6.75. The maximum atomic E-state index is 13.5. The number of carboxylic acids is 1. The second-order valence-corrected chi connectivity index (χ2v) is 6.75. The third-order valence-corrected chi connectivity index (χ3v) is 5.42. The van der Waals surface area contributed by atoms with Gasteiger partial charge in [0, 0.05) is 37.4 Å². The van der Waals surface area contributed by atoms with E-state index in [1.165, 1.54) is 12.1 Å². The van der Waals surface area contributed by atoms with E-state index in [4.69, 9.17) is 5.11 Å². The number of nitrogens with zero attached hydrogens (tertiary/aromatic N) is 1. The lowest BCUT2D eigenvalue weighted by Crippen LogP contribution is -2.46. The summed E-state index contributed by atoms with van der Waals surface area (Å²) in [5, 5.41) is 8.83. The summed E-state index contributed by atoms with van der Waals surface area (Å²) in [5.41, 5.74) is 0.881. The van der Waals surface area contributed by atoms with Gasteiger partial charge in [0.05, 0.1) is 0 Å². The summed E-state index contributed by atoms with van der Waals surface area (Å²) in [6.07, 6.45) is 4.02. The van der Waals surface area contributed by atoms with Crippen LogP contribution in [0.15, 0.2) is 24.3 Å². The zero-order valence-corrected chi connectivity index (χ0v) is 13.0. The van der Waals surface area contributed by atoms with Gasteiger partial charge in [-0.3, -0.25) is 9.69 Å². The van der Waals surface area contributed by atoms with E-state index in [0.29, 0.717) is 24.9 Å². The highest BCUT2D eigenvalue weighted by Crippen LogP contribution is 2.41. The Labute approximate surface area is 135 Å². The summed E-state index contributed by atoms with van der Waals surface area (Å²) >= 11 is 0. The molecule has 1 aromatic rings. The fraction of sp³-hybridized carbons (Fsp3) is 0.556. The molecule has 1 aliphatic carbocycles. The van der Waals surface area contributed by atoms with Crippen molar-refractivity contribution in [1.82, 2.24) is 4.90 Å². The van der Waals surface area contributed by atoms with Crippen molar-refractivity contribution >= 4 is 12.3 Å². The Hall–Kier alpha value is -1.75. The number of halogens is 1. The van der Waals surface area contributed by atoms with Crippen LogP contribution in [-0.4, -0.2) is 41.4 Å². The summed E-state index contributed by atoms with van der Waals surface area (Å²) in [6, 6.07) is 6.88. The lowest BCUT2D eigenvalue weighted by atomic mass is 9.76. The number of rotatable bonds is 6. The van der Waals surface area contributed by atoms with Crippen molar-refractivity contribution in [3.63, 3.8) is 0 Å². The topological polar surface area (TPSA) is 57.6 Å². The van der Waals surface area contributed by atoms with Crippen LogP contribution in [0.1, 0.15) is 37.2 Å². The summed E-state index contributed by atoms with van der Waals surface area (Å²) in [7, 11) is 0. The monoisotopic (exact) mass is 319 g/mol. The Kier molecular flexibility index (Phi) is 4.76. The van der Waals surface area contributed by atoms with Crippen molar-refractivity contribution < 1.29 is 19.1 Å². The maximum absolute atomic E-state index is 13.5. The molecule has 1 saturated carbocycles. The summed E-state index contributed by atoms with van der Waals surface area (Å²) < 4.78 is 13.5. The highest BCUT2D eigenvalue weighted by atomic mass is 19.1. The lowest BCUT2D eigenvalue weighted by Gasteiger charge is -2.43. The number of benzene rings is 1. The molecule has 124 valence electrons. The van der Waals surface area contributed by atoms with Gasteiger partial charge in [-0.1, -0.05) is 12.1 Å². The van der Waals surface area contributed by atoms with Crippen molar-refractivity contribution in [3.05, 3.63) is 35.6 Å². The molecule has 0 bridgehead atoms. The van der Waals surface area contributed by atoms with E-state index in [0.717, 1.165) is 31.2 Å². The molecule has 0 aromatic heterocycles. The smallest absolute Gasteiger partial charge is 0.303 e. The first kappa shape index (κ1) is 16.1. The average Bonchev–Trinajstić information content (AvgIpc) is 2.89. The van der Waals surface area contributed by atoms with Crippen molar-refractivity contribution in [3.8, 4) is 0 Å². The number of carbonyl (C=O) groups is 2. The quantitative estimate of drug-likeness (QED) is 0.819. The van der Waals surface area contributed by atoms with E-state index in [-0.39, 0.29) is 24.1 Å².